The smallest absolute Gasteiger partial charge is 0.326 e. The molecule has 0 saturated heterocycles. The van der Waals surface area contributed by atoms with E-state index >= 15 is 0 Å². The molecular weight excluding hydrogens is 249 g/mol. The van der Waals surface area contributed by atoms with E-state index in [0.717, 1.165) is 12.5 Å². The minimum atomic E-state index is -1.07. The van der Waals surface area contributed by atoms with Crippen molar-refractivity contribution in [3.8, 4) is 0 Å². The summed E-state index contributed by atoms with van der Waals surface area (Å²) < 4.78 is 13.1. The SMILES string of the molecule is CCCC[C@H](NC(=O)c1cc(F)ccc1C)C(=O)O. The molecule has 1 amide bonds. The van der Waals surface area contributed by atoms with E-state index in [-0.39, 0.29) is 5.56 Å². The maximum atomic E-state index is 13.1. The molecule has 1 aromatic rings. The largest absolute Gasteiger partial charge is 0.480 e. The zero-order valence-electron chi connectivity index (χ0n) is 11.1. The summed E-state index contributed by atoms with van der Waals surface area (Å²) in [5, 5.41) is 11.5. The average Bonchev–Trinajstić information content (AvgIpc) is 2.36. The molecule has 19 heavy (non-hydrogen) atoms. The van der Waals surface area contributed by atoms with Crippen LogP contribution in [0.3, 0.4) is 0 Å². The first-order valence-electron chi connectivity index (χ1n) is 6.25. The number of carboxylic acids is 1. The van der Waals surface area contributed by atoms with Gasteiger partial charge in [0.15, 0.2) is 0 Å². The Morgan fingerprint density at radius 2 is 2.11 bits per heavy atom. The molecule has 2 N–H and O–H groups in total. The van der Waals surface area contributed by atoms with Crippen LogP contribution in [-0.2, 0) is 4.79 Å². The van der Waals surface area contributed by atoms with Gasteiger partial charge < -0.3 is 10.4 Å². The number of aliphatic carboxylic acids is 1. The zero-order chi connectivity index (χ0) is 14.4. The van der Waals surface area contributed by atoms with Gasteiger partial charge in [-0.05, 0) is 31.0 Å². The highest BCUT2D eigenvalue weighted by Crippen LogP contribution is 2.11. The number of carbonyl (C=O) groups excluding carboxylic acids is 1. The van der Waals surface area contributed by atoms with Crippen LogP contribution in [0.2, 0.25) is 0 Å². The van der Waals surface area contributed by atoms with Crippen LogP contribution in [-0.4, -0.2) is 23.0 Å². The maximum absolute atomic E-state index is 13.1. The van der Waals surface area contributed by atoms with Crippen LogP contribution in [0.5, 0.6) is 0 Å². The molecule has 0 heterocycles. The number of nitrogens with one attached hydrogen (secondary N) is 1. The highest BCUT2D eigenvalue weighted by molar-refractivity contribution is 5.97. The molecule has 1 rings (SSSR count). The van der Waals surface area contributed by atoms with Gasteiger partial charge in [0, 0.05) is 5.56 Å². The van der Waals surface area contributed by atoms with Gasteiger partial charge in [-0.15, -0.1) is 0 Å². The van der Waals surface area contributed by atoms with Gasteiger partial charge in [-0.1, -0.05) is 25.8 Å². The summed E-state index contributed by atoms with van der Waals surface area (Å²) >= 11 is 0. The third kappa shape index (κ3) is 4.35. The summed E-state index contributed by atoms with van der Waals surface area (Å²) in [4.78, 5) is 23.0. The molecule has 0 aliphatic heterocycles. The summed E-state index contributed by atoms with van der Waals surface area (Å²) in [6.07, 6.45) is 1.92. The van der Waals surface area contributed by atoms with Gasteiger partial charge in [-0.25, -0.2) is 9.18 Å². The van der Waals surface area contributed by atoms with Gasteiger partial charge in [0.05, 0.1) is 0 Å². The Balaban J connectivity index is 2.81. The van der Waals surface area contributed by atoms with E-state index < -0.39 is 23.7 Å². The van der Waals surface area contributed by atoms with Crippen molar-refractivity contribution in [1.29, 1.82) is 0 Å². The van der Waals surface area contributed by atoms with Crippen LogP contribution in [0.1, 0.15) is 42.1 Å². The molecule has 4 nitrogen and oxygen atoms in total. The Kier molecular flexibility index (Phi) is 5.48. The molecule has 0 saturated carbocycles. The standard InChI is InChI=1S/C14H18FNO3/c1-3-4-5-12(14(18)19)16-13(17)11-8-10(15)7-6-9(11)2/h6-8,12H,3-5H2,1-2H3,(H,16,17)(H,18,19)/t12-/m0/s1. The lowest BCUT2D eigenvalue weighted by atomic mass is 10.1. The number of carbonyl (C=O) groups is 2. The molecule has 0 aromatic heterocycles. The van der Waals surface area contributed by atoms with Crippen LogP contribution < -0.4 is 5.32 Å². The van der Waals surface area contributed by atoms with Gasteiger partial charge in [-0.3, -0.25) is 4.79 Å². The molecule has 0 radical (unpaired) electrons. The Bertz CT molecular complexity index is 474. The average molecular weight is 267 g/mol. The van der Waals surface area contributed by atoms with Crippen LogP contribution >= 0.6 is 0 Å². The van der Waals surface area contributed by atoms with E-state index in [2.05, 4.69) is 5.32 Å². The lowest BCUT2D eigenvalue weighted by Crippen LogP contribution is -2.41. The summed E-state index contributed by atoms with van der Waals surface area (Å²) in [6.45, 7) is 3.62. The van der Waals surface area contributed by atoms with E-state index in [1.54, 1.807) is 6.92 Å². The number of hydrogen-bond donors (Lipinski definition) is 2. The summed E-state index contributed by atoms with van der Waals surface area (Å²) in [5.41, 5.74) is 0.779. The van der Waals surface area contributed by atoms with Crippen LogP contribution in [0, 0.1) is 12.7 Å². The zero-order valence-corrected chi connectivity index (χ0v) is 11.1. The molecule has 0 spiro atoms. The van der Waals surface area contributed by atoms with Crippen molar-refractivity contribution >= 4 is 11.9 Å². The van der Waals surface area contributed by atoms with Gasteiger partial charge in [-0.2, -0.15) is 0 Å². The van der Waals surface area contributed by atoms with E-state index in [4.69, 9.17) is 5.11 Å². The lowest BCUT2D eigenvalue weighted by molar-refractivity contribution is -0.139. The van der Waals surface area contributed by atoms with Crippen molar-refractivity contribution in [3.63, 3.8) is 0 Å². The lowest BCUT2D eigenvalue weighted by Gasteiger charge is -2.15. The van der Waals surface area contributed by atoms with Crippen molar-refractivity contribution < 1.29 is 19.1 Å². The molecule has 5 heteroatoms. The molecule has 0 unspecified atom stereocenters. The molecule has 0 bridgehead atoms. The molecular formula is C14H18FNO3. The highest BCUT2D eigenvalue weighted by atomic mass is 19.1. The van der Waals surface area contributed by atoms with Crippen LogP contribution in [0.15, 0.2) is 18.2 Å². The monoisotopic (exact) mass is 267 g/mol. The second-order valence-electron chi connectivity index (χ2n) is 4.47. The first-order valence-corrected chi connectivity index (χ1v) is 6.25. The summed E-state index contributed by atoms with van der Waals surface area (Å²) in [7, 11) is 0. The third-order valence-corrected chi connectivity index (χ3v) is 2.89. The predicted molar refractivity (Wildman–Crippen MR) is 69.6 cm³/mol. The molecule has 1 aromatic carbocycles. The second-order valence-corrected chi connectivity index (χ2v) is 4.47. The Morgan fingerprint density at radius 3 is 2.68 bits per heavy atom. The van der Waals surface area contributed by atoms with Gasteiger partial charge in [0.1, 0.15) is 11.9 Å². The minimum Gasteiger partial charge on any atom is -0.480 e. The Labute approximate surface area is 111 Å². The van der Waals surface area contributed by atoms with E-state index in [9.17, 15) is 14.0 Å². The molecule has 0 aliphatic carbocycles. The fourth-order valence-corrected chi connectivity index (χ4v) is 1.74. The Morgan fingerprint density at radius 1 is 1.42 bits per heavy atom. The number of hydrogen-bond acceptors (Lipinski definition) is 2. The van der Waals surface area contributed by atoms with Crippen molar-refractivity contribution in [3.05, 3.63) is 35.1 Å². The number of carboxylic acid groups (broad SMARTS) is 1. The second kappa shape index (κ2) is 6.87. The predicted octanol–water partition coefficient (Wildman–Crippen LogP) is 2.51. The maximum Gasteiger partial charge on any atom is 0.326 e. The topological polar surface area (TPSA) is 66.4 Å². The number of rotatable bonds is 6. The highest BCUT2D eigenvalue weighted by Gasteiger charge is 2.21. The number of aryl methyl sites for hydroxylation is 1. The van der Waals surface area contributed by atoms with Crippen LogP contribution in [0.25, 0.3) is 0 Å². The third-order valence-electron chi connectivity index (χ3n) is 2.89. The van der Waals surface area contributed by atoms with Crippen molar-refractivity contribution in [2.75, 3.05) is 0 Å². The molecule has 1 atom stereocenters. The van der Waals surface area contributed by atoms with E-state index in [1.807, 2.05) is 6.92 Å². The van der Waals surface area contributed by atoms with E-state index in [1.165, 1.54) is 12.1 Å². The normalized spacial score (nSPS) is 11.9. The van der Waals surface area contributed by atoms with Crippen molar-refractivity contribution in [2.45, 2.75) is 39.2 Å². The first-order chi connectivity index (χ1) is 8.95. The van der Waals surface area contributed by atoms with E-state index in [0.29, 0.717) is 18.4 Å². The quantitative estimate of drug-likeness (QED) is 0.832. The molecule has 0 fully saturated rings. The fraction of sp³-hybridized carbons (Fsp3) is 0.429. The van der Waals surface area contributed by atoms with Gasteiger partial charge >= 0.3 is 5.97 Å². The number of benzene rings is 1. The summed E-state index contributed by atoms with van der Waals surface area (Å²) in [5.74, 6) is -2.15. The van der Waals surface area contributed by atoms with Crippen molar-refractivity contribution in [2.24, 2.45) is 0 Å². The molecule has 0 aliphatic rings. The van der Waals surface area contributed by atoms with Gasteiger partial charge in [0.25, 0.3) is 5.91 Å². The minimum absolute atomic E-state index is 0.169. The number of unbranched alkanes of at least 4 members (excludes halogenated alkanes) is 1. The van der Waals surface area contributed by atoms with Gasteiger partial charge in [0.2, 0.25) is 0 Å². The Hall–Kier alpha value is -1.91. The summed E-state index contributed by atoms with van der Waals surface area (Å²) in [6, 6.07) is 2.93. The fourth-order valence-electron chi connectivity index (χ4n) is 1.74. The first kappa shape index (κ1) is 15.1. The van der Waals surface area contributed by atoms with Crippen LogP contribution in [0.4, 0.5) is 4.39 Å². The van der Waals surface area contributed by atoms with Crippen molar-refractivity contribution in [1.82, 2.24) is 5.32 Å². The number of halogens is 1. The molecule has 104 valence electrons. The number of amides is 1.